The van der Waals surface area contributed by atoms with E-state index in [1.807, 2.05) is 6.92 Å². The quantitative estimate of drug-likeness (QED) is 0.765. The first kappa shape index (κ1) is 14.6. The van der Waals surface area contributed by atoms with Gasteiger partial charge in [-0.15, -0.1) is 5.10 Å². The number of aromatic nitrogens is 3. The Morgan fingerprint density at radius 3 is 2.65 bits per heavy atom. The number of halogens is 1. The van der Waals surface area contributed by atoms with Crippen LogP contribution in [0.4, 0.5) is 0 Å². The Morgan fingerprint density at radius 2 is 2.24 bits per heavy atom. The van der Waals surface area contributed by atoms with Crippen molar-refractivity contribution >= 4 is 26.0 Å². The first-order valence-electron chi connectivity index (χ1n) is 5.20. The van der Waals surface area contributed by atoms with E-state index in [4.69, 9.17) is 5.73 Å². The van der Waals surface area contributed by atoms with Crippen LogP contribution in [0.25, 0.3) is 0 Å². The van der Waals surface area contributed by atoms with Crippen LogP contribution >= 0.6 is 15.9 Å². The lowest BCUT2D eigenvalue weighted by Gasteiger charge is -2.15. The summed E-state index contributed by atoms with van der Waals surface area (Å²) in [5.74, 6) is 0. The number of rotatable bonds is 6. The smallest absolute Gasteiger partial charge is 0.260 e. The Labute approximate surface area is 109 Å². The summed E-state index contributed by atoms with van der Waals surface area (Å²) in [5.41, 5.74) is 5.52. The molecule has 1 aromatic heterocycles. The van der Waals surface area contributed by atoms with Gasteiger partial charge in [-0.25, -0.2) is 17.8 Å². The van der Waals surface area contributed by atoms with Gasteiger partial charge >= 0.3 is 0 Å². The van der Waals surface area contributed by atoms with Crippen LogP contribution in [0.5, 0.6) is 0 Å². The Kier molecular flexibility index (Phi) is 5.04. The number of aryl methyl sites for hydroxylation is 1. The van der Waals surface area contributed by atoms with E-state index in [2.05, 4.69) is 31.0 Å². The van der Waals surface area contributed by atoms with Gasteiger partial charge in [0.25, 0.3) is 10.0 Å². The lowest BCUT2D eigenvalue weighted by Crippen LogP contribution is -2.40. The maximum Gasteiger partial charge on any atom is 0.260 e. The van der Waals surface area contributed by atoms with Gasteiger partial charge in [-0.2, -0.15) is 0 Å². The molecule has 1 rings (SSSR count). The highest BCUT2D eigenvalue weighted by Crippen LogP contribution is 2.18. The van der Waals surface area contributed by atoms with E-state index < -0.39 is 10.0 Å². The minimum Gasteiger partial charge on any atom is -0.329 e. The molecule has 9 heteroatoms. The van der Waals surface area contributed by atoms with Crippen molar-refractivity contribution in [2.45, 2.75) is 30.8 Å². The van der Waals surface area contributed by atoms with Gasteiger partial charge in [0.15, 0.2) is 4.60 Å². The normalized spacial score (nSPS) is 13.9. The van der Waals surface area contributed by atoms with E-state index in [0.29, 0.717) is 6.42 Å². The van der Waals surface area contributed by atoms with E-state index in [1.165, 1.54) is 11.7 Å². The number of nitrogens with one attached hydrogen (secondary N) is 1. The molecular weight excluding hydrogens is 310 g/mol. The maximum absolute atomic E-state index is 12.1. The number of nitrogens with zero attached hydrogens (tertiary/aromatic N) is 3. The van der Waals surface area contributed by atoms with E-state index in [9.17, 15) is 8.42 Å². The van der Waals surface area contributed by atoms with Crippen LogP contribution < -0.4 is 10.5 Å². The van der Waals surface area contributed by atoms with Crippen molar-refractivity contribution in [1.82, 2.24) is 19.7 Å². The highest BCUT2D eigenvalue weighted by atomic mass is 79.9. The molecule has 17 heavy (non-hydrogen) atoms. The predicted octanol–water partition coefficient (Wildman–Crippen LogP) is -0.0167. The number of sulfonamides is 1. The average molecular weight is 326 g/mol. The second-order valence-corrected chi connectivity index (χ2v) is 6.03. The average Bonchev–Trinajstić information content (AvgIpc) is 2.58. The van der Waals surface area contributed by atoms with E-state index >= 15 is 0 Å². The number of hydrogen-bond donors (Lipinski definition) is 2. The van der Waals surface area contributed by atoms with Crippen LogP contribution in [0.1, 0.15) is 19.8 Å². The highest BCUT2D eigenvalue weighted by molar-refractivity contribution is 9.10. The fraction of sp³-hybridized carbons (Fsp3) is 0.750. The van der Waals surface area contributed by atoms with Crippen LogP contribution in [-0.4, -0.2) is 36.0 Å². The van der Waals surface area contributed by atoms with Crippen LogP contribution in [0, 0.1) is 0 Å². The second-order valence-electron chi connectivity index (χ2n) is 3.65. The van der Waals surface area contributed by atoms with Crippen LogP contribution in [0.15, 0.2) is 9.63 Å². The predicted molar refractivity (Wildman–Crippen MR) is 66.8 cm³/mol. The van der Waals surface area contributed by atoms with Gasteiger partial charge in [-0.3, -0.25) is 0 Å². The van der Waals surface area contributed by atoms with Crippen molar-refractivity contribution in [2.24, 2.45) is 12.8 Å². The molecule has 1 aromatic rings. The topological polar surface area (TPSA) is 103 Å². The maximum atomic E-state index is 12.1. The molecule has 0 aliphatic heterocycles. The van der Waals surface area contributed by atoms with Gasteiger partial charge < -0.3 is 5.73 Å². The third kappa shape index (κ3) is 3.47. The third-order valence-corrected chi connectivity index (χ3v) is 4.64. The summed E-state index contributed by atoms with van der Waals surface area (Å²) in [6, 6.07) is -0.271. The molecule has 0 aromatic carbocycles. The zero-order valence-corrected chi connectivity index (χ0v) is 12.1. The van der Waals surface area contributed by atoms with Gasteiger partial charge in [0.1, 0.15) is 0 Å². The molecule has 0 radical (unpaired) electrons. The lowest BCUT2D eigenvalue weighted by atomic mass is 10.2. The molecule has 3 N–H and O–H groups in total. The van der Waals surface area contributed by atoms with Crippen LogP contribution in [0.2, 0.25) is 0 Å². The molecule has 0 aliphatic rings. The van der Waals surface area contributed by atoms with Gasteiger partial charge in [0.05, 0.1) is 0 Å². The summed E-state index contributed by atoms with van der Waals surface area (Å²) >= 11 is 3.06. The fourth-order valence-electron chi connectivity index (χ4n) is 1.46. The van der Waals surface area contributed by atoms with Gasteiger partial charge in [0.2, 0.25) is 5.03 Å². The monoisotopic (exact) mass is 325 g/mol. The molecule has 1 unspecified atom stereocenters. The molecule has 0 bridgehead atoms. The summed E-state index contributed by atoms with van der Waals surface area (Å²) in [7, 11) is -2.13. The first-order valence-corrected chi connectivity index (χ1v) is 7.47. The molecule has 0 saturated heterocycles. The third-order valence-electron chi connectivity index (χ3n) is 2.24. The summed E-state index contributed by atoms with van der Waals surface area (Å²) in [5, 5.41) is 7.28. The molecule has 1 atom stereocenters. The zero-order chi connectivity index (χ0) is 13.1. The van der Waals surface area contributed by atoms with Gasteiger partial charge in [0, 0.05) is 19.6 Å². The number of nitrogens with two attached hydrogens (primary N) is 1. The summed E-state index contributed by atoms with van der Waals surface area (Å²) < 4.78 is 28.1. The Morgan fingerprint density at radius 1 is 1.59 bits per heavy atom. The van der Waals surface area contributed by atoms with Crippen molar-refractivity contribution in [3.8, 4) is 0 Å². The molecule has 0 fully saturated rings. The molecule has 0 saturated carbocycles. The highest BCUT2D eigenvalue weighted by Gasteiger charge is 2.26. The summed E-state index contributed by atoms with van der Waals surface area (Å²) in [4.78, 5) is 0. The van der Waals surface area contributed by atoms with Crippen molar-refractivity contribution in [2.75, 3.05) is 6.54 Å². The molecular formula is C8H16BrN5O2S. The Balaban J connectivity index is 2.96. The first-order chi connectivity index (χ1) is 7.92. The van der Waals surface area contributed by atoms with E-state index in [0.717, 1.165) is 6.42 Å². The minimum atomic E-state index is -3.65. The van der Waals surface area contributed by atoms with Crippen molar-refractivity contribution in [1.29, 1.82) is 0 Å². The van der Waals surface area contributed by atoms with E-state index in [1.54, 1.807) is 0 Å². The number of hydrogen-bond acceptors (Lipinski definition) is 5. The van der Waals surface area contributed by atoms with Crippen LogP contribution in [-0.2, 0) is 17.1 Å². The zero-order valence-electron chi connectivity index (χ0n) is 9.72. The molecule has 7 nitrogen and oxygen atoms in total. The minimum absolute atomic E-state index is 0.00653. The van der Waals surface area contributed by atoms with E-state index in [-0.39, 0.29) is 22.2 Å². The Bertz CT molecular complexity index is 453. The van der Waals surface area contributed by atoms with Crippen molar-refractivity contribution in [3.63, 3.8) is 0 Å². The van der Waals surface area contributed by atoms with Crippen molar-refractivity contribution < 1.29 is 8.42 Å². The van der Waals surface area contributed by atoms with Gasteiger partial charge in [-0.1, -0.05) is 18.6 Å². The summed E-state index contributed by atoms with van der Waals surface area (Å²) in [6.07, 6.45) is 1.55. The fourth-order valence-corrected chi connectivity index (χ4v) is 3.83. The summed E-state index contributed by atoms with van der Waals surface area (Å²) in [6.45, 7) is 2.23. The van der Waals surface area contributed by atoms with Crippen molar-refractivity contribution in [3.05, 3.63) is 4.60 Å². The largest absolute Gasteiger partial charge is 0.329 e. The van der Waals surface area contributed by atoms with Crippen LogP contribution in [0.3, 0.4) is 0 Å². The Hall–Kier alpha value is -0.510. The molecule has 1 heterocycles. The standard InChI is InChI=1S/C8H16BrN5O2S/c1-3-4-6(5-10)12-17(15,16)8-7(9)11-13-14(8)2/h6,12H,3-5,10H2,1-2H3. The molecule has 98 valence electrons. The molecule has 0 spiro atoms. The second kappa shape index (κ2) is 5.89. The molecule has 0 amide bonds. The SMILES string of the molecule is CCCC(CN)NS(=O)(=O)c1c(Br)nnn1C. The van der Waals surface area contributed by atoms with Gasteiger partial charge in [-0.05, 0) is 22.4 Å². The molecule has 0 aliphatic carbocycles. The lowest BCUT2D eigenvalue weighted by molar-refractivity contribution is 0.516.